The first-order valence-electron chi connectivity index (χ1n) is 10.4. The molecule has 1 atom stereocenters. The molecule has 0 bridgehead atoms. The smallest absolute Gasteiger partial charge is 0.293 e. The molecule has 0 unspecified atom stereocenters. The van der Waals surface area contributed by atoms with Gasteiger partial charge < -0.3 is 4.74 Å². The first-order valence-corrected chi connectivity index (χ1v) is 11.3. The molecule has 3 aromatic rings. The van der Waals surface area contributed by atoms with Gasteiger partial charge in [-0.3, -0.25) is 14.5 Å². The molecule has 1 fully saturated rings. The third-order valence-corrected chi connectivity index (χ3v) is 6.42. The highest BCUT2D eigenvalue weighted by atomic mass is 32.2. The Morgan fingerprint density at radius 3 is 2.65 bits per heavy atom. The molecule has 1 aliphatic rings. The van der Waals surface area contributed by atoms with Crippen LogP contribution in [0.1, 0.15) is 37.0 Å². The van der Waals surface area contributed by atoms with Crippen molar-refractivity contribution in [2.75, 3.05) is 0 Å². The second kappa shape index (κ2) is 8.98. The fourth-order valence-electron chi connectivity index (χ4n) is 3.69. The summed E-state index contributed by atoms with van der Waals surface area (Å²) in [5, 5.41) is 1.82. The molecule has 158 valence electrons. The highest BCUT2D eigenvalue weighted by Gasteiger charge is 2.37. The molecule has 5 heteroatoms. The highest BCUT2D eigenvalue weighted by molar-refractivity contribution is 8.18. The quantitative estimate of drug-likeness (QED) is 0.415. The van der Waals surface area contributed by atoms with Crippen molar-refractivity contribution in [2.24, 2.45) is 0 Å². The summed E-state index contributed by atoms with van der Waals surface area (Å²) in [5.41, 5.74) is 3.08. The summed E-state index contributed by atoms with van der Waals surface area (Å²) in [6.45, 7) is 6.35. The summed E-state index contributed by atoms with van der Waals surface area (Å²) >= 11 is 0.997. The van der Waals surface area contributed by atoms with E-state index < -0.39 is 0 Å². The first-order chi connectivity index (χ1) is 15.0. The van der Waals surface area contributed by atoms with Gasteiger partial charge in [-0.25, -0.2) is 0 Å². The number of amides is 2. The Morgan fingerprint density at radius 1 is 1.06 bits per heavy atom. The molecule has 0 aliphatic carbocycles. The van der Waals surface area contributed by atoms with Gasteiger partial charge in [-0.2, -0.15) is 0 Å². The van der Waals surface area contributed by atoms with E-state index >= 15 is 0 Å². The molecule has 1 aliphatic heterocycles. The normalized spacial score (nSPS) is 16.4. The zero-order chi connectivity index (χ0) is 22.0. The van der Waals surface area contributed by atoms with E-state index in [2.05, 4.69) is 19.1 Å². The summed E-state index contributed by atoms with van der Waals surface area (Å²) in [4.78, 5) is 27.2. The van der Waals surface area contributed by atoms with Crippen LogP contribution < -0.4 is 4.74 Å². The maximum absolute atomic E-state index is 13.0. The number of fused-ring (bicyclic) bond motifs is 1. The number of nitrogens with zero attached hydrogens (tertiary/aromatic N) is 1. The fourth-order valence-corrected chi connectivity index (χ4v) is 4.60. The molecule has 1 saturated heterocycles. The predicted octanol–water partition coefficient (Wildman–Crippen LogP) is 6.56. The number of aryl methyl sites for hydroxylation is 1. The van der Waals surface area contributed by atoms with E-state index in [9.17, 15) is 9.59 Å². The third kappa shape index (κ3) is 4.37. The number of carbonyl (C=O) groups is 2. The Morgan fingerprint density at radius 2 is 1.87 bits per heavy atom. The second-order valence-corrected chi connectivity index (χ2v) is 8.78. The van der Waals surface area contributed by atoms with E-state index in [4.69, 9.17) is 4.74 Å². The number of ether oxygens (including phenoxy) is 1. The van der Waals surface area contributed by atoms with Crippen molar-refractivity contribution in [1.29, 1.82) is 0 Å². The molecule has 0 aromatic heterocycles. The van der Waals surface area contributed by atoms with Gasteiger partial charge in [-0.1, -0.05) is 67.1 Å². The van der Waals surface area contributed by atoms with E-state index in [1.807, 2.05) is 62.4 Å². The molecule has 0 radical (unpaired) electrons. The van der Waals surface area contributed by atoms with Crippen LogP contribution in [0.25, 0.3) is 16.8 Å². The molecular weight excluding hydrogens is 406 g/mol. The third-order valence-electron chi connectivity index (χ3n) is 5.54. The van der Waals surface area contributed by atoms with E-state index in [0.29, 0.717) is 17.3 Å². The molecule has 4 nitrogen and oxygen atoms in total. The molecule has 0 saturated carbocycles. The van der Waals surface area contributed by atoms with Crippen molar-refractivity contribution >= 4 is 39.8 Å². The second-order valence-electron chi connectivity index (χ2n) is 7.79. The van der Waals surface area contributed by atoms with Crippen molar-refractivity contribution < 1.29 is 14.3 Å². The molecule has 0 spiro atoms. The Hall–Kier alpha value is -3.05. The van der Waals surface area contributed by atoms with Crippen LogP contribution in [0, 0.1) is 6.92 Å². The van der Waals surface area contributed by atoms with Crippen LogP contribution in [0.5, 0.6) is 5.75 Å². The van der Waals surface area contributed by atoms with Crippen molar-refractivity contribution in [3.8, 4) is 5.75 Å². The summed E-state index contributed by atoms with van der Waals surface area (Å²) in [7, 11) is 0. The van der Waals surface area contributed by atoms with E-state index in [-0.39, 0.29) is 17.2 Å². The van der Waals surface area contributed by atoms with Gasteiger partial charge in [0.25, 0.3) is 11.1 Å². The Balaban J connectivity index is 1.73. The van der Waals surface area contributed by atoms with Gasteiger partial charge in [0.1, 0.15) is 12.4 Å². The van der Waals surface area contributed by atoms with Crippen molar-refractivity contribution in [3.05, 3.63) is 82.3 Å². The monoisotopic (exact) mass is 431 g/mol. The minimum Gasteiger partial charge on any atom is -0.488 e. The van der Waals surface area contributed by atoms with Gasteiger partial charge in [0.15, 0.2) is 0 Å². The number of carbonyl (C=O) groups excluding carboxylic acids is 2. The maximum atomic E-state index is 13.0. The Kier molecular flexibility index (Phi) is 6.14. The molecule has 4 rings (SSSR count). The van der Waals surface area contributed by atoms with Crippen LogP contribution in [0.3, 0.4) is 0 Å². The van der Waals surface area contributed by atoms with E-state index in [0.717, 1.165) is 40.1 Å². The maximum Gasteiger partial charge on any atom is 0.293 e. The number of hydrogen-bond acceptors (Lipinski definition) is 4. The number of benzene rings is 3. The number of hydrogen-bond donors (Lipinski definition) is 0. The minimum absolute atomic E-state index is 0.122. The highest BCUT2D eigenvalue weighted by Crippen LogP contribution is 2.38. The van der Waals surface area contributed by atoms with Crippen molar-refractivity contribution in [2.45, 2.75) is 39.8 Å². The molecule has 3 aromatic carbocycles. The zero-order valence-corrected chi connectivity index (χ0v) is 18.7. The van der Waals surface area contributed by atoms with Crippen LogP contribution in [-0.2, 0) is 11.4 Å². The predicted molar refractivity (Wildman–Crippen MR) is 127 cm³/mol. The first kappa shape index (κ1) is 21.2. The van der Waals surface area contributed by atoms with Crippen LogP contribution in [-0.4, -0.2) is 22.1 Å². The molecule has 2 amide bonds. The lowest BCUT2D eigenvalue weighted by molar-refractivity contribution is -0.124. The van der Waals surface area contributed by atoms with Gasteiger partial charge in [0, 0.05) is 11.6 Å². The standard InChI is InChI=1S/C26H25NO3S/c1-4-18(3)27-25(28)24(31-26(27)29)15-22-21-11-6-5-10-20(21)12-13-23(22)30-16-19-9-7-8-17(2)14-19/h5-15,18H,4,16H2,1-3H3/b24-15+/t18-/m0/s1. The lowest BCUT2D eigenvalue weighted by Crippen LogP contribution is -2.36. The molecule has 0 N–H and O–H groups in total. The van der Waals surface area contributed by atoms with E-state index in [1.165, 1.54) is 10.5 Å². The van der Waals surface area contributed by atoms with E-state index in [1.54, 1.807) is 6.08 Å². The lowest BCUT2D eigenvalue weighted by atomic mass is 10.0. The van der Waals surface area contributed by atoms with Crippen molar-refractivity contribution in [1.82, 2.24) is 4.90 Å². The van der Waals surface area contributed by atoms with Gasteiger partial charge in [0.05, 0.1) is 4.91 Å². The van der Waals surface area contributed by atoms with Crippen LogP contribution in [0.2, 0.25) is 0 Å². The summed E-state index contributed by atoms with van der Waals surface area (Å²) < 4.78 is 6.19. The minimum atomic E-state index is -0.234. The van der Waals surface area contributed by atoms with Crippen LogP contribution in [0.15, 0.2) is 65.6 Å². The van der Waals surface area contributed by atoms with Gasteiger partial charge in [-0.15, -0.1) is 0 Å². The zero-order valence-electron chi connectivity index (χ0n) is 17.9. The Labute approximate surface area is 186 Å². The fraction of sp³-hybridized carbons (Fsp3) is 0.231. The van der Waals surface area contributed by atoms with Gasteiger partial charge in [-0.05, 0) is 60.5 Å². The van der Waals surface area contributed by atoms with Crippen LogP contribution in [0.4, 0.5) is 4.79 Å². The molecule has 1 heterocycles. The van der Waals surface area contributed by atoms with Gasteiger partial charge >= 0.3 is 0 Å². The SMILES string of the molecule is CC[C@H](C)N1C(=O)S/C(=C/c2c(OCc3cccc(C)c3)ccc3ccccc23)C1=O. The average Bonchev–Trinajstić information content (AvgIpc) is 3.05. The summed E-state index contributed by atoms with van der Waals surface area (Å²) in [6.07, 6.45) is 2.53. The Bertz CT molecular complexity index is 1180. The largest absolute Gasteiger partial charge is 0.488 e. The number of imide groups is 1. The molecule has 31 heavy (non-hydrogen) atoms. The number of rotatable bonds is 6. The topological polar surface area (TPSA) is 46.6 Å². The lowest BCUT2D eigenvalue weighted by Gasteiger charge is -2.19. The summed E-state index contributed by atoms with van der Waals surface area (Å²) in [5.74, 6) is 0.456. The number of thioether (sulfide) groups is 1. The van der Waals surface area contributed by atoms with Gasteiger partial charge in [0.2, 0.25) is 0 Å². The molecular formula is C26H25NO3S. The summed E-state index contributed by atoms with van der Waals surface area (Å²) in [6, 6.07) is 20.0. The van der Waals surface area contributed by atoms with Crippen LogP contribution >= 0.6 is 11.8 Å². The van der Waals surface area contributed by atoms with Crippen molar-refractivity contribution in [3.63, 3.8) is 0 Å². The average molecular weight is 432 g/mol.